The van der Waals surface area contributed by atoms with Crippen LogP contribution in [0.25, 0.3) is 0 Å². The summed E-state index contributed by atoms with van der Waals surface area (Å²) in [5.41, 5.74) is -0.260. The highest BCUT2D eigenvalue weighted by Gasteiger charge is 2.18. The first-order chi connectivity index (χ1) is 21.9. The van der Waals surface area contributed by atoms with Gasteiger partial charge in [0.2, 0.25) is 0 Å². The standard InChI is InChI=1S/C39H79NO5/c1-6-9-11-13-15-17-19-21-23-25-27-29-33-42-35-37(36-44-38(41)40-32-31-39(4,5)45-8-3)43-34-30-28-26-24-22-20-18-16-14-12-10-7-2/h37H,6-36H2,1-5H3,(H,40,41)/t37-/m1/s1. The largest absolute Gasteiger partial charge is 0.447 e. The van der Waals surface area contributed by atoms with Gasteiger partial charge in [-0.15, -0.1) is 0 Å². The second-order valence-electron chi connectivity index (χ2n) is 13.8. The van der Waals surface area contributed by atoms with Crippen molar-refractivity contribution in [3.05, 3.63) is 0 Å². The van der Waals surface area contributed by atoms with Crippen molar-refractivity contribution in [2.75, 3.05) is 39.6 Å². The summed E-state index contributed by atoms with van der Waals surface area (Å²) in [4.78, 5) is 12.3. The van der Waals surface area contributed by atoms with Crippen LogP contribution in [0.2, 0.25) is 0 Å². The van der Waals surface area contributed by atoms with E-state index in [0.717, 1.165) is 25.9 Å². The maximum atomic E-state index is 12.3. The SMILES string of the molecule is CCCCCCCCCCCCCCOC[C@H](COC(=O)NCCC(C)(C)OCC)OCCCCCCCCCCCCCC. The van der Waals surface area contributed by atoms with Crippen LogP contribution in [0.5, 0.6) is 0 Å². The summed E-state index contributed by atoms with van der Waals surface area (Å²) in [6.07, 6.45) is 32.1. The molecule has 0 aliphatic heterocycles. The van der Waals surface area contributed by atoms with E-state index in [1.165, 1.54) is 141 Å². The van der Waals surface area contributed by atoms with E-state index >= 15 is 0 Å². The number of ether oxygens (including phenoxy) is 4. The van der Waals surface area contributed by atoms with Crippen molar-refractivity contribution in [3.8, 4) is 0 Å². The summed E-state index contributed by atoms with van der Waals surface area (Å²) >= 11 is 0. The molecule has 0 saturated carbocycles. The molecule has 6 heteroatoms. The molecule has 45 heavy (non-hydrogen) atoms. The molecule has 0 fully saturated rings. The summed E-state index contributed by atoms with van der Waals surface area (Å²) in [6, 6.07) is 0. The smallest absolute Gasteiger partial charge is 0.407 e. The molecule has 0 aromatic carbocycles. The number of nitrogens with one attached hydrogen (secondary N) is 1. The predicted octanol–water partition coefficient (Wildman–Crippen LogP) is 11.7. The van der Waals surface area contributed by atoms with Crippen LogP contribution in [0.15, 0.2) is 0 Å². The predicted molar refractivity (Wildman–Crippen MR) is 192 cm³/mol. The third kappa shape index (κ3) is 34.3. The Hall–Kier alpha value is -0.850. The number of alkyl carbamates (subject to hydrolysis) is 1. The Morgan fingerprint density at radius 3 is 1.44 bits per heavy atom. The second-order valence-corrected chi connectivity index (χ2v) is 13.8. The summed E-state index contributed by atoms with van der Waals surface area (Å²) < 4.78 is 23.3. The summed E-state index contributed by atoms with van der Waals surface area (Å²) in [6.45, 7) is 13.9. The van der Waals surface area contributed by atoms with Gasteiger partial charge in [0.25, 0.3) is 0 Å². The van der Waals surface area contributed by atoms with Crippen LogP contribution < -0.4 is 5.32 Å². The lowest BCUT2D eigenvalue weighted by Gasteiger charge is -2.24. The van der Waals surface area contributed by atoms with Gasteiger partial charge in [-0.05, 0) is 40.0 Å². The zero-order valence-electron chi connectivity index (χ0n) is 31.0. The van der Waals surface area contributed by atoms with Crippen molar-refractivity contribution < 1.29 is 23.7 Å². The van der Waals surface area contributed by atoms with Crippen molar-refractivity contribution in [2.45, 2.75) is 207 Å². The maximum absolute atomic E-state index is 12.3. The Morgan fingerprint density at radius 1 is 0.578 bits per heavy atom. The number of hydrogen-bond donors (Lipinski definition) is 1. The third-order valence-electron chi connectivity index (χ3n) is 8.73. The van der Waals surface area contributed by atoms with E-state index in [1.807, 2.05) is 20.8 Å². The molecule has 0 saturated heterocycles. The Bertz CT molecular complexity index is 600. The number of amides is 1. The first-order valence-corrected chi connectivity index (χ1v) is 19.7. The van der Waals surface area contributed by atoms with Crippen molar-refractivity contribution >= 4 is 6.09 Å². The molecule has 0 aliphatic carbocycles. The van der Waals surface area contributed by atoms with Crippen LogP contribution in [0.1, 0.15) is 195 Å². The van der Waals surface area contributed by atoms with Gasteiger partial charge in [-0.25, -0.2) is 4.79 Å². The van der Waals surface area contributed by atoms with Crippen molar-refractivity contribution in [1.29, 1.82) is 0 Å². The second kappa shape index (κ2) is 34.5. The van der Waals surface area contributed by atoms with Crippen molar-refractivity contribution in [1.82, 2.24) is 5.32 Å². The fourth-order valence-electron chi connectivity index (χ4n) is 5.75. The number of unbranched alkanes of at least 4 members (excludes halogenated alkanes) is 22. The molecule has 0 unspecified atom stereocenters. The van der Waals surface area contributed by atoms with Gasteiger partial charge in [0.15, 0.2) is 0 Å². The molecule has 6 nitrogen and oxygen atoms in total. The first kappa shape index (κ1) is 44.1. The molecular formula is C39H79NO5. The Labute approximate surface area is 281 Å². The summed E-state index contributed by atoms with van der Waals surface area (Å²) in [5, 5.41) is 2.85. The molecule has 0 spiro atoms. The van der Waals surface area contributed by atoms with E-state index in [0.29, 0.717) is 26.4 Å². The third-order valence-corrected chi connectivity index (χ3v) is 8.73. The van der Waals surface area contributed by atoms with Crippen molar-refractivity contribution in [2.24, 2.45) is 0 Å². The van der Waals surface area contributed by atoms with Gasteiger partial charge in [0.05, 0.1) is 12.2 Å². The molecule has 0 rings (SSSR count). The van der Waals surface area contributed by atoms with Gasteiger partial charge in [-0.1, -0.05) is 155 Å². The lowest BCUT2D eigenvalue weighted by atomic mass is 10.1. The minimum atomic E-state index is -0.401. The Morgan fingerprint density at radius 2 is 1.00 bits per heavy atom. The van der Waals surface area contributed by atoms with Crippen LogP contribution in [0.4, 0.5) is 4.79 Å². The fourth-order valence-corrected chi connectivity index (χ4v) is 5.75. The summed E-state index contributed by atoms with van der Waals surface area (Å²) in [7, 11) is 0. The molecule has 0 heterocycles. The van der Waals surface area contributed by atoms with E-state index in [-0.39, 0.29) is 18.3 Å². The molecule has 1 amide bonds. The van der Waals surface area contributed by atoms with E-state index in [9.17, 15) is 4.79 Å². The maximum Gasteiger partial charge on any atom is 0.407 e. The lowest BCUT2D eigenvalue weighted by molar-refractivity contribution is -0.0472. The highest BCUT2D eigenvalue weighted by atomic mass is 16.6. The van der Waals surface area contributed by atoms with Crippen LogP contribution in [-0.4, -0.2) is 57.4 Å². The van der Waals surface area contributed by atoms with Crippen molar-refractivity contribution in [3.63, 3.8) is 0 Å². The van der Waals surface area contributed by atoms with Gasteiger partial charge in [0.1, 0.15) is 12.7 Å². The quantitative estimate of drug-likeness (QED) is 0.0690. The van der Waals surface area contributed by atoms with Gasteiger partial charge < -0.3 is 24.3 Å². The highest BCUT2D eigenvalue weighted by molar-refractivity contribution is 5.67. The molecule has 1 atom stereocenters. The molecule has 0 aromatic rings. The number of rotatable bonds is 36. The molecule has 270 valence electrons. The van der Waals surface area contributed by atoms with Gasteiger partial charge in [-0.2, -0.15) is 0 Å². The van der Waals surface area contributed by atoms with Gasteiger partial charge in [-0.3, -0.25) is 0 Å². The first-order valence-electron chi connectivity index (χ1n) is 19.7. The monoisotopic (exact) mass is 642 g/mol. The molecule has 0 aliphatic rings. The lowest BCUT2D eigenvalue weighted by Crippen LogP contribution is -2.35. The summed E-state index contributed by atoms with van der Waals surface area (Å²) in [5.74, 6) is 0. The number of hydrogen-bond acceptors (Lipinski definition) is 5. The average molecular weight is 642 g/mol. The van der Waals surface area contributed by atoms with Gasteiger partial charge >= 0.3 is 6.09 Å². The Balaban J connectivity index is 4.10. The zero-order chi connectivity index (χ0) is 33.1. The van der Waals surface area contributed by atoms with Crippen LogP contribution in [0.3, 0.4) is 0 Å². The molecule has 0 aromatic heterocycles. The normalized spacial score (nSPS) is 12.5. The minimum absolute atomic E-state index is 0.220. The number of carbonyl (C=O) groups is 1. The van der Waals surface area contributed by atoms with Gasteiger partial charge in [0, 0.05) is 26.4 Å². The highest BCUT2D eigenvalue weighted by Crippen LogP contribution is 2.15. The molecule has 0 radical (unpaired) electrons. The van der Waals surface area contributed by atoms with E-state index in [4.69, 9.17) is 18.9 Å². The van der Waals surface area contributed by atoms with E-state index in [2.05, 4.69) is 19.2 Å². The fraction of sp³-hybridized carbons (Fsp3) is 0.974. The molecule has 1 N–H and O–H groups in total. The molecule has 0 bridgehead atoms. The molecular weight excluding hydrogens is 562 g/mol. The van der Waals surface area contributed by atoms with Crippen LogP contribution in [-0.2, 0) is 18.9 Å². The Kier molecular flexibility index (Phi) is 33.8. The van der Waals surface area contributed by atoms with Crippen LogP contribution in [0, 0.1) is 0 Å². The minimum Gasteiger partial charge on any atom is -0.447 e. The van der Waals surface area contributed by atoms with Crippen LogP contribution >= 0.6 is 0 Å². The van der Waals surface area contributed by atoms with E-state index < -0.39 is 6.09 Å². The van der Waals surface area contributed by atoms with E-state index in [1.54, 1.807) is 0 Å². The topological polar surface area (TPSA) is 66.0 Å². The average Bonchev–Trinajstić information content (AvgIpc) is 3.01. The zero-order valence-corrected chi connectivity index (χ0v) is 31.0. The number of carbonyl (C=O) groups excluding carboxylic acids is 1.